The molecule has 2 aromatic heterocycles. The van der Waals surface area contributed by atoms with Gasteiger partial charge in [-0.15, -0.1) is 0 Å². The third-order valence-corrected chi connectivity index (χ3v) is 6.62. The largest absolute Gasteiger partial charge is 0.395 e. The van der Waals surface area contributed by atoms with Crippen LogP contribution in [0.1, 0.15) is 53.0 Å². The van der Waals surface area contributed by atoms with E-state index in [-0.39, 0.29) is 24.0 Å². The van der Waals surface area contributed by atoms with Crippen molar-refractivity contribution in [2.24, 2.45) is 0 Å². The number of aliphatic hydroxyl groups is 1. The quantitative estimate of drug-likeness (QED) is 0.613. The van der Waals surface area contributed by atoms with Crippen LogP contribution in [-0.2, 0) is 10.2 Å². The van der Waals surface area contributed by atoms with Gasteiger partial charge in [-0.2, -0.15) is 5.10 Å². The lowest BCUT2D eigenvalue weighted by Crippen LogP contribution is -2.38. The number of amides is 1. The summed E-state index contributed by atoms with van der Waals surface area (Å²) < 4.78 is 7.22. The number of aryl methyl sites for hydroxylation is 1. The lowest BCUT2D eigenvalue weighted by atomic mass is 9.71. The fraction of sp³-hybridized carbons (Fsp3) is 0.400. The Morgan fingerprint density at radius 3 is 2.47 bits per heavy atom. The highest BCUT2D eigenvalue weighted by atomic mass is 16.5. The Labute approximate surface area is 188 Å². The SMILES string of the molecule is COC1CCC(CO)(c2ccc(NC(=O)c3cnn(-c4ccc(C)cc4)c3C)cn2)CC1. The number of aromatic nitrogens is 3. The molecule has 7 heteroatoms. The molecule has 0 bridgehead atoms. The fourth-order valence-electron chi connectivity index (χ4n) is 4.43. The topological polar surface area (TPSA) is 89.3 Å². The van der Waals surface area contributed by atoms with Gasteiger partial charge in [0.25, 0.3) is 5.91 Å². The van der Waals surface area contributed by atoms with Crippen LogP contribution in [0.3, 0.4) is 0 Å². The number of carbonyl (C=O) groups excluding carboxylic acids is 1. The number of nitrogens with one attached hydrogen (secondary N) is 1. The molecule has 0 spiro atoms. The van der Waals surface area contributed by atoms with Crippen LogP contribution in [0.4, 0.5) is 5.69 Å². The summed E-state index contributed by atoms with van der Waals surface area (Å²) >= 11 is 0. The standard InChI is InChI=1S/C25H30N4O3/c1-17-4-7-20(8-5-17)29-18(2)22(15-27-29)24(31)28-19-6-9-23(26-14-19)25(16-30)12-10-21(32-3)11-13-25/h4-9,14-15,21,30H,10-13,16H2,1-3H3,(H,28,31). The highest BCUT2D eigenvalue weighted by Crippen LogP contribution is 2.39. The lowest BCUT2D eigenvalue weighted by molar-refractivity contribution is 0.0317. The molecule has 1 aliphatic carbocycles. The number of aliphatic hydroxyl groups excluding tert-OH is 1. The second-order valence-electron chi connectivity index (χ2n) is 8.65. The van der Waals surface area contributed by atoms with Gasteiger partial charge in [-0.1, -0.05) is 17.7 Å². The van der Waals surface area contributed by atoms with Crippen LogP contribution >= 0.6 is 0 Å². The van der Waals surface area contributed by atoms with Crippen LogP contribution < -0.4 is 5.32 Å². The van der Waals surface area contributed by atoms with Crippen LogP contribution in [0.2, 0.25) is 0 Å². The van der Waals surface area contributed by atoms with Crippen molar-refractivity contribution < 1.29 is 14.6 Å². The maximum atomic E-state index is 12.9. The highest BCUT2D eigenvalue weighted by molar-refractivity contribution is 6.04. The van der Waals surface area contributed by atoms with E-state index in [0.717, 1.165) is 42.8 Å². The van der Waals surface area contributed by atoms with Crippen molar-refractivity contribution in [1.29, 1.82) is 0 Å². The minimum absolute atomic E-state index is 0.0551. The monoisotopic (exact) mass is 434 g/mol. The average molecular weight is 435 g/mol. The number of carbonyl (C=O) groups is 1. The average Bonchev–Trinajstić information content (AvgIpc) is 3.21. The molecule has 0 atom stereocenters. The smallest absolute Gasteiger partial charge is 0.259 e. The lowest BCUT2D eigenvalue weighted by Gasteiger charge is -2.38. The number of hydrogen-bond acceptors (Lipinski definition) is 5. The van der Waals surface area contributed by atoms with Crippen molar-refractivity contribution in [3.8, 4) is 5.69 Å². The molecular weight excluding hydrogens is 404 g/mol. The summed E-state index contributed by atoms with van der Waals surface area (Å²) in [6.07, 6.45) is 6.96. The summed E-state index contributed by atoms with van der Waals surface area (Å²) in [7, 11) is 1.73. The first-order valence-electron chi connectivity index (χ1n) is 11.0. The van der Waals surface area contributed by atoms with Gasteiger partial charge in [0.15, 0.2) is 0 Å². The minimum Gasteiger partial charge on any atom is -0.395 e. The number of nitrogens with zero attached hydrogens (tertiary/aromatic N) is 3. The van der Waals surface area contributed by atoms with Gasteiger partial charge in [-0.25, -0.2) is 4.68 Å². The van der Waals surface area contributed by atoms with E-state index in [4.69, 9.17) is 4.74 Å². The third kappa shape index (κ3) is 4.31. The van der Waals surface area contributed by atoms with E-state index in [1.807, 2.05) is 50.2 Å². The van der Waals surface area contributed by atoms with Crippen LogP contribution in [-0.4, -0.2) is 45.6 Å². The molecule has 0 saturated heterocycles. The van der Waals surface area contributed by atoms with Crippen molar-refractivity contribution in [2.45, 2.75) is 51.0 Å². The first kappa shape index (κ1) is 22.2. The van der Waals surface area contributed by atoms with Crippen LogP contribution in [0.5, 0.6) is 0 Å². The van der Waals surface area contributed by atoms with Gasteiger partial charge in [-0.3, -0.25) is 9.78 Å². The first-order chi connectivity index (χ1) is 15.5. The normalized spacial score (nSPS) is 20.8. The first-order valence-corrected chi connectivity index (χ1v) is 11.0. The van der Waals surface area contributed by atoms with E-state index in [0.29, 0.717) is 11.3 Å². The Kier molecular flexibility index (Phi) is 6.39. The van der Waals surface area contributed by atoms with Crippen molar-refractivity contribution in [2.75, 3.05) is 19.0 Å². The van der Waals surface area contributed by atoms with Crippen molar-refractivity contribution in [3.63, 3.8) is 0 Å². The molecule has 4 rings (SSSR count). The van der Waals surface area contributed by atoms with Crippen LogP contribution in [0.25, 0.3) is 5.69 Å². The highest BCUT2D eigenvalue weighted by Gasteiger charge is 2.37. The number of ether oxygens (including phenoxy) is 1. The van der Waals surface area contributed by atoms with Gasteiger partial charge in [0.1, 0.15) is 0 Å². The maximum absolute atomic E-state index is 12.9. The summed E-state index contributed by atoms with van der Waals surface area (Å²) in [4.78, 5) is 17.5. The van der Waals surface area contributed by atoms with E-state index in [9.17, 15) is 9.90 Å². The molecule has 1 aliphatic rings. The van der Waals surface area contributed by atoms with Gasteiger partial charge in [0.2, 0.25) is 0 Å². The number of rotatable bonds is 6. The Morgan fingerprint density at radius 1 is 1.16 bits per heavy atom. The molecule has 168 valence electrons. The fourth-order valence-corrected chi connectivity index (χ4v) is 4.43. The summed E-state index contributed by atoms with van der Waals surface area (Å²) in [5, 5.41) is 17.4. The Balaban J connectivity index is 1.47. The zero-order chi connectivity index (χ0) is 22.7. The number of pyridine rings is 1. The molecule has 3 aromatic rings. The number of hydrogen-bond donors (Lipinski definition) is 2. The zero-order valence-electron chi connectivity index (χ0n) is 18.8. The van der Waals surface area contributed by atoms with Crippen molar-refractivity contribution >= 4 is 11.6 Å². The molecule has 1 amide bonds. The molecule has 1 aromatic carbocycles. The van der Waals surface area contributed by atoms with Gasteiger partial charge in [0.05, 0.1) is 47.7 Å². The molecule has 2 heterocycles. The predicted octanol–water partition coefficient (Wildman–Crippen LogP) is 3.96. The number of methoxy groups -OCH3 is 1. The van der Waals surface area contributed by atoms with Gasteiger partial charge < -0.3 is 15.2 Å². The minimum atomic E-state index is -0.344. The Hall–Kier alpha value is -3.03. The predicted molar refractivity (Wildman–Crippen MR) is 123 cm³/mol. The molecule has 2 N–H and O–H groups in total. The summed E-state index contributed by atoms with van der Waals surface area (Å²) in [6.45, 7) is 3.97. The van der Waals surface area contributed by atoms with Crippen LogP contribution in [0, 0.1) is 13.8 Å². The van der Waals surface area contributed by atoms with Crippen LogP contribution in [0.15, 0.2) is 48.8 Å². The van der Waals surface area contributed by atoms with E-state index in [2.05, 4.69) is 15.4 Å². The van der Waals surface area contributed by atoms with E-state index < -0.39 is 0 Å². The molecule has 7 nitrogen and oxygen atoms in total. The molecule has 1 saturated carbocycles. The summed E-state index contributed by atoms with van der Waals surface area (Å²) in [6, 6.07) is 11.8. The summed E-state index contributed by atoms with van der Waals surface area (Å²) in [5.41, 5.74) is 4.49. The van der Waals surface area contributed by atoms with Crippen molar-refractivity contribution in [3.05, 3.63) is 71.3 Å². The number of anilines is 1. The molecule has 1 fully saturated rings. The molecular formula is C25H30N4O3. The van der Waals surface area contributed by atoms with Gasteiger partial charge in [-0.05, 0) is 63.8 Å². The number of benzene rings is 1. The zero-order valence-corrected chi connectivity index (χ0v) is 18.8. The second-order valence-corrected chi connectivity index (χ2v) is 8.65. The van der Waals surface area contributed by atoms with Gasteiger partial charge >= 0.3 is 0 Å². The molecule has 0 radical (unpaired) electrons. The Morgan fingerprint density at radius 2 is 1.88 bits per heavy atom. The second kappa shape index (κ2) is 9.22. The summed E-state index contributed by atoms with van der Waals surface area (Å²) in [5.74, 6) is -0.229. The molecule has 0 aliphatic heterocycles. The third-order valence-electron chi connectivity index (χ3n) is 6.62. The Bertz CT molecular complexity index is 1070. The van der Waals surface area contributed by atoms with E-state index in [1.165, 1.54) is 5.56 Å². The van der Waals surface area contributed by atoms with Crippen molar-refractivity contribution in [1.82, 2.24) is 14.8 Å². The van der Waals surface area contributed by atoms with Gasteiger partial charge in [0, 0.05) is 18.2 Å². The molecule has 0 unspecified atom stereocenters. The molecule has 32 heavy (non-hydrogen) atoms. The maximum Gasteiger partial charge on any atom is 0.259 e. The van der Waals surface area contributed by atoms with E-state index >= 15 is 0 Å². The van der Waals surface area contributed by atoms with E-state index in [1.54, 1.807) is 24.2 Å².